The highest BCUT2D eigenvalue weighted by Crippen LogP contribution is 2.08. The standard InChI is InChI=1S/C23H36N2.4BrH/c1-20-12-16-24(18-22(20)3)14-10-8-6-5-7-9-11-15-25-17-13-21(2)23(4)19-25;;;;/h12-13,16-19H,5-11,14-15H2,1-4H3;4*1H/q+2;;;;. The molecule has 0 amide bonds. The highest BCUT2D eigenvalue weighted by Gasteiger charge is 2.04. The summed E-state index contributed by atoms with van der Waals surface area (Å²) in [5.41, 5.74) is 5.55. The van der Waals surface area contributed by atoms with Crippen molar-refractivity contribution in [3.8, 4) is 0 Å². The molecule has 0 aliphatic carbocycles. The third-order valence-electron chi connectivity index (χ3n) is 5.33. The van der Waals surface area contributed by atoms with Crippen LogP contribution in [0.15, 0.2) is 36.9 Å². The Balaban J connectivity index is -0.00000169. The number of hydrogen-bond donors (Lipinski definition) is 0. The van der Waals surface area contributed by atoms with E-state index in [1.807, 2.05) is 0 Å². The van der Waals surface area contributed by atoms with Gasteiger partial charge in [0.15, 0.2) is 24.8 Å². The van der Waals surface area contributed by atoms with Gasteiger partial charge in [-0.25, -0.2) is 9.13 Å². The molecule has 168 valence electrons. The molecule has 2 aromatic heterocycles. The molecule has 2 nitrogen and oxygen atoms in total. The predicted molar refractivity (Wildman–Crippen MR) is 146 cm³/mol. The summed E-state index contributed by atoms with van der Waals surface area (Å²) in [7, 11) is 0. The summed E-state index contributed by atoms with van der Waals surface area (Å²) in [6.07, 6.45) is 18.4. The number of halogens is 4. The average Bonchev–Trinajstić information content (AvgIpc) is 2.59. The lowest BCUT2D eigenvalue weighted by Gasteiger charge is -2.03. The van der Waals surface area contributed by atoms with Crippen LogP contribution in [0.1, 0.15) is 67.2 Å². The van der Waals surface area contributed by atoms with E-state index in [-0.39, 0.29) is 67.9 Å². The minimum atomic E-state index is 0. The van der Waals surface area contributed by atoms with Gasteiger partial charge in [-0.2, -0.15) is 0 Å². The molecule has 0 saturated carbocycles. The normalized spacial score (nSPS) is 9.52. The molecular formula is C23H40Br4N2+2. The number of nitrogens with zero attached hydrogens (tertiary/aromatic N) is 2. The Morgan fingerprint density at radius 1 is 0.483 bits per heavy atom. The van der Waals surface area contributed by atoms with Crippen molar-refractivity contribution in [1.82, 2.24) is 0 Å². The minimum Gasteiger partial charge on any atom is -0.205 e. The first kappa shape index (κ1) is 33.8. The molecule has 0 aliphatic heterocycles. The summed E-state index contributed by atoms with van der Waals surface area (Å²) < 4.78 is 4.67. The molecule has 2 aromatic rings. The Morgan fingerprint density at radius 2 is 0.793 bits per heavy atom. The summed E-state index contributed by atoms with van der Waals surface area (Å²) in [4.78, 5) is 0. The number of rotatable bonds is 10. The van der Waals surface area contributed by atoms with Gasteiger partial charge in [-0.3, -0.25) is 0 Å². The summed E-state index contributed by atoms with van der Waals surface area (Å²) in [6.45, 7) is 11.1. The molecule has 0 radical (unpaired) electrons. The molecule has 0 fully saturated rings. The fourth-order valence-corrected chi connectivity index (χ4v) is 3.22. The van der Waals surface area contributed by atoms with E-state index >= 15 is 0 Å². The fraction of sp³-hybridized carbons (Fsp3) is 0.565. The molecule has 0 bridgehead atoms. The lowest BCUT2D eigenvalue weighted by Crippen LogP contribution is -2.33. The van der Waals surface area contributed by atoms with Crippen LogP contribution in [-0.4, -0.2) is 0 Å². The van der Waals surface area contributed by atoms with Gasteiger partial charge in [0, 0.05) is 36.1 Å². The third-order valence-corrected chi connectivity index (χ3v) is 5.33. The van der Waals surface area contributed by atoms with Crippen LogP contribution >= 0.6 is 67.9 Å². The van der Waals surface area contributed by atoms with E-state index in [9.17, 15) is 0 Å². The maximum Gasteiger partial charge on any atom is 0.171 e. The number of unbranched alkanes of at least 4 members (excludes halogenated alkanes) is 6. The number of pyridine rings is 2. The van der Waals surface area contributed by atoms with Crippen LogP contribution in [0.5, 0.6) is 0 Å². The van der Waals surface area contributed by atoms with Gasteiger partial charge in [0.2, 0.25) is 0 Å². The number of aryl methyl sites for hydroxylation is 6. The Morgan fingerprint density at radius 3 is 1.10 bits per heavy atom. The van der Waals surface area contributed by atoms with Crippen molar-refractivity contribution in [2.75, 3.05) is 0 Å². The summed E-state index contributed by atoms with van der Waals surface area (Å²) in [6, 6.07) is 4.45. The highest BCUT2D eigenvalue weighted by molar-refractivity contribution is 8.93. The number of hydrogen-bond acceptors (Lipinski definition) is 0. The van der Waals surface area contributed by atoms with E-state index in [2.05, 4.69) is 73.7 Å². The van der Waals surface area contributed by atoms with Crippen molar-refractivity contribution in [1.29, 1.82) is 0 Å². The highest BCUT2D eigenvalue weighted by atomic mass is 79.9. The van der Waals surface area contributed by atoms with E-state index in [1.54, 1.807) is 0 Å². The van der Waals surface area contributed by atoms with Crippen LogP contribution in [0, 0.1) is 27.7 Å². The molecule has 2 rings (SSSR count). The monoisotopic (exact) mass is 660 g/mol. The summed E-state index contributed by atoms with van der Waals surface area (Å²) >= 11 is 0. The maximum atomic E-state index is 2.34. The second kappa shape index (κ2) is 18.9. The van der Waals surface area contributed by atoms with Crippen molar-refractivity contribution in [2.45, 2.75) is 85.7 Å². The zero-order chi connectivity index (χ0) is 18.1. The second-order valence-corrected chi connectivity index (χ2v) is 7.57. The SMILES string of the molecule is Br.Br.Br.Br.Cc1cc[n+](CCCCCCCCC[n+]2ccc(C)c(C)c2)cc1C. The molecule has 2 heterocycles. The molecule has 0 atom stereocenters. The van der Waals surface area contributed by atoms with Gasteiger partial charge in [0.1, 0.15) is 13.1 Å². The molecule has 0 unspecified atom stereocenters. The van der Waals surface area contributed by atoms with Gasteiger partial charge in [-0.1, -0.05) is 19.3 Å². The summed E-state index contributed by atoms with van der Waals surface area (Å²) in [5.74, 6) is 0. The van der Waals surface area contributed by atoms with Crippen LogP contribution in [0.2, 0.25) is 0 Å². The lowest BCUT2D eigenvalue weighted by molar-refractivity contribution is -0.697. The zero-order valence-electron chi connectivity index (χ0n) is 18.4. The van der Waals surface area contributed by atoms with Gasteiger partial charge in [-0.05, 0) is 51.7 Å². The first-order chi connectivity index (χ1) is 12.1. The van der Waals surface area contributed by atoms with Crippen molar-refractivity contribution < 1.29 is 9.13 Å². The van der Waals surface area contributed by atoms with E-state index in [0.717, 1.165) is 13.1 Å². The summed E-state index contributed by atoms with van der Waals surface area (Å²) in [5, 5.41) is 0. The van der Waals surface area contributed by atoms with Crippen LogP contribution < -0.4 is 9.13 Å². The predicted octanol–water partition coefficient (Wildman–Crippen LogP) is 7.24. The van der Waals surface area contributed by atoms with E-state index in [4.69, 9.17) is 0 Å². The Kier molecular flexibility index (Phi) is 22.1. The van der Waals surface area contributed by atoms with Crippen molar-refractivity contribution in [3.63, 3.8) is 0 Å². The first-order valence-corrected chi connectivity index (χ1v) is 9.99. The van der Waals surface area contributed by atoms with Gasteiger partial charge in [0.25, 0.3) is 0 Å². The average molecular weight is 664 g/mol. The van der Waals surface area contributed by atoms with E-state index < -0.39 is 0 Å². The van der Waals surface area contributed by atoms with Crippen LogP contribution in [-0.2, 0) is 13.1 Å². The molecule has 0 aromatic carbocycles. The largest absolute Gasteiger partial charge is 0.205 e. The number of aromatic nitrogens is 2. The van der Waals surface area contributed by atoms with Crippen LogP contribution in [0.3, 0.4) is 0 Å². The fourth-order valence-electron chi connectivity index (χ4n) is 3.22. The van der Waals surface area contributed by atoms with Crippen LogP contribution in [0.4, 0.5) is 0 Å². The molecule has 0 aliphatic rings. The van der Waals surface area contributed by atoms with Crippen LogP contribution in [0.25, 0.3) is 0 Å². The van der Waals surface area contributed by atoms with E-state index in [1.165, 1.54) is 67.2 Å². The molecule has 0 N–H and O–H groups in total. The van der Waals surface area contributed by atoms with Gasteiger partial charge in [-0.15, -0.1) is 67.9 Å². The zero-order valence-corrected chi connectivity index (χ0v) is 25.2. The quantitative estimate of drug-likeness (QED) is 0.187. The molecule has 6 heteroatoms. The Hall–Kier alpha value is 0.220. The Labute approximate surface area is 220 Å². The van der Waals surface area contributed by atoms with Gasteiger partial charge >= 0.3 is 0 Å². The Bertz CT molecular complexity index is 620. The molecule has 29 heavy (non-hydrogen) atoms. The molecule has 0 saturated heterocycles. The molecule has 0 spiro atoms. The van der Waals surface area contributed by atoms with Crippen molar-refractivity contribution >= 4 is 67.9 Å². The van der Waals surface area contributed by atoms with E-state index in [0.29, 0.717) is 0 Å². The minimum absolute atomic E-state index is 0. The topological polar surface area (TPSA) is 7.76 Å². The van der Waals surface area contributed by atoms with Crippen molar-refractivity contribution in [2.24, 2.45) is 0 Å². The van der Waals surface area contributed by atoms with Crippen molar-refractivity contribution in [3.05, 3.63) is 59.2 Å². The maximum absolute atomic E-state index is 2.34. The second-order valence-electron chi connectivity index (χ2n) is 7.57. The van der Waals surface area contributed by atoms with Gasteiger partial charge in [0.05, 0.1) is 0 Å². The molecular weight excluding hydrogens is 624 g/mol. The lowest BCUT2D eigenvalue weighted by atomic mass is 10.1. The van der Waals surface area contributed by atoms with Gasteiger partial charge < -0.3 is 0 Å². The first-order valence-electron chi connectivity index (χ1n) is 9.99. The smallest absolute Gasteiger partial charge is 0.171 e. The third kappa shape index (κ3) is 13.3.